The Hall–Kier alpha value is -1.85. The lowest BCUT2D eigenvalue weighted by atomic mass is 10.1. The molecule has 1 atom stereocenters. The number of aliphatic carboxylic acids is 1. The van der Waals surface area contributed by atoms with E-state index in [-0.39, 0.29) is 5.91 Å². The molecule has 0 spiro atoms. The van der Waals surface area contributed by atoms with Crippen LogP contribution in [0.5, 0.6) is 0 Å². The molecule has 2 heterocycles. The minimum atomic E-state index is -1.00. The summed E-state index contributed by atoms with van der Waals surface area (Å²) in [6.45, 7) is 0. The molecule has 4 nitrogen and oxygen atoms in total. The first-order valence-electron chi connectivity index (χ1n) is 5.97. The number of anilines is 1. The van der Waals surface area contributed by atoms with Crippen LogP contribution < -0.4 is 4.90 Å². The molecule has 1 unspecified atom stereocenters. The SMILES string of the molecule is O=C(O)C1Cc2ccccc2N1C(=O)c1ccc(Cl)s1. The molecule has 1 aromatic carbocycles. The number of carboxylic acid groups (broad SMARTS) is 1. The number of thiophene rings is 1. The van der Waals surface area contributed by atoms with E-state index in [9.17, 15) is 14.7 Å². The van der Waals surface area contributed by atoms with Crippen molar-refractivity contribution in [3.8, 4) is 0 Å². The molecule has 20 heavy (non-hydrogen) atoms. The Labute approximate surface area is 124 Å². The normalized spacial score (nSPS) is 17.1. The van der Waals surface area contributed by atoms with Crippen molar-refractivity contribution in [3.05, 3.63) is 51.2 Å². The van der Waals surface area contributed by atoms with Crippen molar-refractivity contribution in [2.75, 3.05) is 4.90 Å². The van der Waals surface area contributed by atoms with Gasteiger partial charge in [-0.1, -0.05) is 29.8 Å². The summed E-state index contributed by atoms with van der Waals surface area (Å²) in [5.74, 6) is -1.32. The zero-order chi connectivity index (χ0) is 14.3. The molecule has 0 saturated carbocycles. The van der Waals surface area contributed by atoms with Gasteiger partial charge in [0.2, 0.25) is 0 Å². The van der Waals surface area contributed by atoms with E-state index in [2.05, 4.69) is 0 Å². The summed E-state index contributed by atoms with van der Waals surface area (Å²) in [6, 6.07) is 9.65. The molecule has 2 aromatic rings. The molecule has 0 bridgehead atoms. The highest BCUT2D eigenvalue weighted by atomic mass is 35.5. The highest BCUT2D eigenvalue weighted by Crippen LogP contribution is 2.35. The van der Waals surface area contributed by atoms with Crippen molar-refractivity contribution in [2.24, 2.45) is 0 Å². The van der Waals surface area contributed by atoms with E-state index in [0.717, 1.165) is 16.9 Å². The van der Waals surface area contributed by atoms with Gasteiger partial charge in [0.1, 0.15) is 6.04 Å². The first-order valence-corrected chi connectivity index (χ1v) is 7.17. The van der Waals surface area contributed by atoms with Gasteiger partial charge in [0.15, 0.2) is 0 Å². The van der Waals surface area contributed by atoms with Gasteiger partial charge >= 0.3 is 5.97 Å². The first kappa shape index (κ1) is 13.1. The second-order valence-corrected chi connectivity index (χ2v) is 6.18. The third-order valence-electron chi connectivity index (χ3n) is 3.26. The average Bonchev–Trinajstić information content (AvgIpc) is 3.01. The Bertz CT molecular complexity index is 697. The van der Waals surface area contributed by atoms with Gasteiger partial charge in [0.05, 0.1) is 9.21 Å². The van der Waals surface area contributed by atoms with Gasteiger partial charge < -0.3 is 5.11 Å². The second-order valence-electron chi connectivity index (χ2n) is 4.47. The fourth-order valence-electron chi connectivity index (χ4n) is 2.38. The maximum atomic E-state index is 12.6. The molecule has 0 radical (unpaired) electrons. The van der Waals surface area contributed by atoms with Gasteiger partial charge in [-0.3, -0.25) is 9.69 Å². The van der Waals surface area contributed by atoms with Gasteiger partial charge in [-0.15, -0.1) is 11.3 Å². The highest BCUT2D eigenvalue weighted by Gasteiger charge is 2.38. The summed E-state index contributed by atoms with van der Waals surface area (Å²) < 4.78 is 0.507. The van der Waals surface area contributed by atoms with Crippen LogP contribution in [0.3, 0.4) is 0 Å². The molecule has 0 saturated heterocycles. The lowest BCUT2D eigenvalue weighted by Crippen LogP contribution is -2.42. The third kappa shape index (κ3) is 2.09. The maximum absolute atomic E-state index is 12.6. The number of rotatable bonds is 2. The molecule has 1 aliphatic heterocycles. The zero-order valence-corrected chi connectivity index (χ0v) is 11.8. The van der Waals surface area contributed by atoms with Crippen molar-refractivity contribution in [3.63, 3.8) is 0 Å². The Morgan fingerprint density at radius 1 is 1.25 bits per heavy atom. The predicted octanol–water partition coefficient (Wildman–Crippen LogP) is 3.06. The number of hydrogen-bond donors (Lipinski definition) is 1. The molecule has 102 valence electrons. The zero-order valence-electron chi connectivity index (χ0n) is 10.2. The number of halogens is 1. The number of carboxylic acids is 1. The van der Waals surface area contributed by atoms with Crippen LogP contribution in [0.15, 0.2) is 36.4 Å². The number of carbonyl (C=O) groups is 2. The molecule has 1 N–H and O–H groups in total. The van der Waals surface area contributed by atoms with E-state index < -0.39 is 12.0 Å². The Balaban J connectivity index is 2.04. The van der Waals surface area contributed by atoms with Crippen molar-refractivity contribution >= 4 is 40.5 Å². The minimum Gasteiger partial charge on any atom is -0.480 e. The third-order valence-corrected chi connectivity index (χ3v) is 4.48. The van der Waals surface area contributed by atoms with Gasteiger partial charge in [0.25, 0.3) is 5.91 Å². The van der Waals surface area contributed by atoms with Crippen LogP contribution in [0.2, 0.25) is 4.34 Å². The van der Waals surface area contributed by atoms with E-state index >= 15 is 0 Å². The molecule has 1 aliphatic rings. The first-order chi connectivity index (χ1) is 9.58. The number of benzene rings is 1. The largest absolute Gasteiger partial charge is 0.480 e. The molecule has 0 aliphatic carbocycles. The number of fused-ring (bicyclic) bond motifs is 1. The second kappa shape index (κ2) is 4.92. The van der Waals surface area contributed by atoms with Crippen LogP contribution in [0.1, 0.15) is 15.2 Å². The highest BCUT2D eigenvalue weighted by molar-refractivity contribution is 7.18. The lowest BCUT2D eigenvalue weighted by Gasteiger charge is -2.21. The Morgan fingerprint density at radius 3 is 2.65 bits per heavy atom. The van der Waals surface area contributed by atoms with Crippen molar-refractivity contribution in [1.82, 2.24) is 0 Å². The molecule has 3 rings (SSSR count). The molecule has 1 aromatic heterocycles. The average molecular weight is 308 g/mol. The number of hydrogen-bond acceptors (Lipinski definition) is 3. The minimum absolute atomic E-state index is 0.320. The fourth-order valence-corrected chi connectivity index (χ4v) is 3.36. The maximum Gasteiger partial charge on any atom is 0.327 e. The van der Waals surface area contributed by atoms with Crippen molar-refractivity contribution in [2.45, 2.75) is 12.5 Å². The summed E-state index contributed by atoms with van der Waals surface area (Å²) >= 11 is 6.99. The van der Waals surface area contributed by atoms with Crippen LogP contribution in [-0.4, -0.2) is 23.0 Å². The summed E-state index contributed by atoms with van der Waals surface area (Å²) in [6.07, 6.45) is 0.330. The van der Waals surface area contributed by atoms with Gasteiger partial charge in [0, 0.05) is 12.1 Å². The predicted molar refractivity (Wildman–Crippen MR) is 77.7 cm³/mol. The Morgan fingerprint density at radius 2 is 2.00 bits per heavy atom. The van der Waals surface area contributed by atoms with Gasteiger partial charge in [-0.25, -0.2) is 4.79 Å². The lowest BCUT2D eigenvalue weighted by molar-refractivity contribution is -0.138. The summed E-state index contributed by atoms with van der Waals surface area (Å²) in [4.78, 5) is 25.7. The van der Waals surface area contributed by atoms with Gasteiger partial charge in [-0.05, 0) is 23.8 Å². The number of carbonyl (C=O) groups excluding carboxylic acids is 1. The quantitative estimate of drug-likeness (QED) is 0.927. The van der Waals surface area contributed by atoms with E-state index in [1.54, 1.807) is 24.3 Å². The van der Waals surface area contributed by atoms with Crippen LogP contribution in [-0.2, 0) is 11.2 Å². The van der Waals surface area contributed by atoms with Gasteiger partial charge in [-0.2, -0.15) is 0 Å². The fraction of sp³-hybridized carbons (Fsp3) is 0.143. The summed E-state index contributed by atoms with van der Waals surface area (Å²) in [5, 5.41) is 9.34. The smallest absolute Gasteiger partial charge is 0.327 e. The molecule has 6 heteroatoms. The van der Waals surface area contributed by atoms with E-state index in [4.69, 9.17) is 11.6 Å². The van der Waals surface area contributed by atoms with E-state index in [0.29, 0.717) is 21.3 Å². The number of amides is 1. The summed E-state index contributed by atoms with van der Waals surface area (Å²) in [7, 11) is 0. The standard InChI is InChI=1S/C14H10ClNO3S/c15-12-6-5-11(20-12)13(17)16-9-4-2-1-3-8(9)7-10(16)14(18)19/h1-6,10H,7H2,(H,18,19). The van der Waals surface area contributed by atoms with E-state index in [1.165, 1.54) is 4.90 Å². The molecular formula is C14H10ClNO3S. The van der Waals surface area contributed by atoms with Crippen LogP contribution in [0.4, 0.5) is 5.69 Å². The molecular weight excluding hydrogens is 298 g/mol. The number of para-hydroxylation sites is 1. The van der Waals surface area contributed by atoms with Crippen molar-refractivity contribution < 1.29 is 14.7 Å². The van der Waals surface area contributed by atoms with Crippen molar-refractivity contribution in [1.29, 1.82) is 0 Å². The monoisotopic (exact) mass is 307 g/mol. The number of nitrogens with zero attached hydrogens (tertiary/aromatic N) is 1. The van der Waals surface area contributed by atoms with E-state index in [1.807, 2.05) is 12.1 Å². The van der Waals surface area contributed by atoms with Crippen LogP contribution in [0, 0.1) is 0 Å². The molecule has 0 fully saturated rings. The van der Waals surface area contributed by atoms with Crippen LogP contribution >= 0.6 is 22.9 Å². The van der Waals surface area contributed by atoms with Crippen LogP contribution in [0.25, 0.3) is 0 Å². The molecule has 1 amide bonds. The topological polar surface area (TPSA) is 57.6 Å². The Kier molecular flexibility index (Phi) is 3.23. The summed E-state index contributed by atoms with van der Waals surface area (Å²) in [5.41, 5.74) is 1.53.